The second-order valence-electron chi connectivity index (χ2n) is 3.93. The van der Waals surface area contributed by atoms with Crippen LogP contribution in [0.5, 0.6) is 0 Å². The van der Waals surface area contributed by atoms with E-state index in [1.807, 2.05) is 0 Å². The Morgan fingerprint density at radius 2 is 2.46 bits per heavy atom. The molecule has 0 saturated carbocycles. The van der Waals surface area contributed by atoms with Gasteiger partial charge in [-0.3, -0.25) is 0 Å². The summed E-state index contributed by atoms with van der Waals surface area (Å²) in [4.78, 5) is 0. The molecule has 2 heterocycles. The largest absolute Gasteiger partial charge is 0.311 e. The molecule has 0 aromatic heterocycles. The Kier molecular flexibility index (Phi) is 3.01. The van der Waals surface area contributed by atoms with E-state index < -0.39 is 11.0 Å². The summed E-state index contributed by atoms with van der Waals surface area (Å²) in [5.41, 5.74) is 0. The van der Waals surface area contributed by atoms with Crippen LogP contribution >= 0.6 is 0 Å². The number of nitrogens with one attached hydrogen (secondary N) is 1. The molecule has 13 heavy (non-hydrogen) atoms. The zero-order valence-electron chi connectivity index (χ0n) is 8.16. The summed E-state index contributed by atoms with van der Waals surface area (Å²) in [6.07, 6.45) is 3.40. The molecule has 76 valence electrons. The molecule has 1 N–H and O–H groups in total. The van der Waals surface area contributed by atoms with Gasteiger partial charge in [0, 0.05) is 30.9 Å². The highest BCUT2D eigenvalue weighted by atomic mass is 32.2. The Labute approximate surface area is 82.5 Å². The summed E-state index contributed by atoms with van der Waals surface area (Å²) in [6, 6.07) is 1.09. The van der Waals surface area contributed by atoms with Crippen molar-refractivity contribution in [2.45, 2.75) is 38.3 Å². The van der Waals surface area contributed by atoms with Crippen LogP contribution in [0.4, 0.5) is 0 Å². The zero-order chi connectivity index (χ0) is 9.26. The van der Waals surface area contributed by atoms with Gasteiger partial charge >= 0.3 is 0 Å². The molecule has 2 bridgehead atoms. The van der Waals surface area contributed by atoms with Gasteiger partial charge in [0.15, 0.2) is 0 Å². The van der Waals surface area contributed by atoms with Gasteiger partial charge in [-0.25, -0.2) is 8.51 Å². The van der Waals surface area contributed by atoms with Crippen molar-refractivity contribution in [3.05, 3.63) is 0 Å². The van der Waals surface area contributed by atoms with Crippen LogP contribution in [0.2, 0.25) is 0 Å². The zero-order valence-corrected chi connectivity index (χ0v) is 8.98. The Bertz CT molecular complexity index is 210. The number of hydrogen-bond donors (Lipinski definition) is 1. The predicted molar refractivity (Wildman–Crippen MR) is 54.8 cm³/mol. The number of rotatable bonds is 1. The summed E-state index contributed by atoms with van der Waals surface area (Å²) < 4.78 is 14.0. The lowest BCUT2D eigenvalue weighted by atomic mass is 10.1. The van der Waals surface area contributed by atoms with Crippen LogP contribution in [0.1, 0.15) is 26.2 Å². The molecule has 0 aromatic rings. The van der Waals surface area contributed by atoms with E-state index in [0.717, 1.165) is 31.7 Å². The lowest BCUT2D eigenvalue weighted by molar-refractivity contribution is 0.228. The van der Waals surface area contributed by atoms with Crippen LogP contribution in [0.3, 0.4) is 0 Å². The number of piperazine rings is 1. The Morgan fingerprint density at radius 1 is 1.62 bits per heavy atom. The van der Waals surface area contributed by atoms with Crippen LogP contribution in [0.25, 0.3) is 0 Å². The average molecular weight is 202 g/mol. The standard InChI is InChI=1S/C9H18N2OS/c1-2-9-6-10-8-4-3-5-13(12)11(9)7-8/h8-10H,2-7H2,1H3/t8-,9?,13?/m1/s1. The predicted octanol–water partition coefficient (Wildman–Crippen LogP) is 0.496. The first-order chi connectivity index (χ1) is 6.31. The maximum Gasteiger partial charge on any atom is 0.0946 e. The Morgan fingerprint density at radius 3 is 3.23 bits per heavy atom. The molecule has 0 aliphatic carbocycles. The molecule has 2 saturated heterocycles. The molecule has 2 fully saturated rings. The summed E-state index contributed by atoms with van der Waals surface area (Å²) in [6.45, 7) is 4.19. The van der Waals surface area contributed by atoms with Crippen LogP contribution in [-0.2, 0) is 11.0 Å². The third-order valence-corrected chi connectivity index (χ3v) is 4.66. The van der Waals surface area contributed by atoms with Gasteiger partial charge in [-0.15, -0.1) is 0 Å². The van der Waals surface area contributed by atoms with Crippen molar-refractivity contribution >= 4 is 11.0 Å². The van der Waals surface area contributed by atoms with Crippen molar-refractivity contribution in [1.29, 1.82) is 0 Å². The molecule has 0 aromatic carbocycles. The first-order valence-electron chi connectivity index (χ1n) is 5.19. The van der Waals surface area contributed by atoms with Crippen LogP contribution in [0, 0.1) is 0 Å². The number of nitrogens with zero attached hydrogens (tertiary/aromatic N) is 1. The van der Waals surface area contributed by atoms with E-state index in [2.05, 4.69) is 16.5 Å². The molecular weight excluding hydrogens is 184 g/mol. The van der Waals surface area contributed by atoms with Crippen LogP contribution < -0.4 is 5.32 Å². The van der Waals surface area contributed by atoms with E-state index >= 15 is 0 Å². The summed E-state index contributed by atoms with van der Waals surface area (Å²) >= 11 is 0. The maximum absolute atomic E-state index is 11.8. The number of fused-ring (bicyclic) bond motifs is 2. The fourth-order valence-electron chi connectivity index (χ4n) is 2.20. The fraction of sp³-hybridized carbons (Fsp3) is 1.00. The third-order valence-electron chi connectivity index (χ3n) is 3.05. The quantitative estimate of drug-likeness (QED) is 0.671. The first kappa shape index (κ1) is 9.62. The molecule has 0 radical (unpaired) electrons. The van der Waals surface area contributed by atoms with Gasteiger partial charge in [-0.2, -0.15) is 0 Å². The number of hydrogen-bond acceptors (Lipinski definition) is 2. The van der Waals surface area contributed by atoms with Gasteiger partial charge in [0.05, 0.1) is 11.0 Å². The normalized spacial score (nSPS) is 45.6. The highest BCUT2D eigenvalue weighted by molar-refractivity contribution is 7.82. The molecule has 4 atom stereocenters. The Balaban J connectivity index is 2.10. The second-order valence-corrected chi connectivity index (χ2v) is 5.45. The summed E-state index contributed by atoms with van der Waals surface area (Å²) in [7, 11) is -0.701. The van der Waals surface area contributed by atoms with Crippen molar-refractivity contribution in [3.63, 3.8) is 0 Å². The topological polar surface area (TPSA) is 32.3 Å². The molecular formula is C9H18N2OS. The van der Waals surface area contributed by atoms with Gasteiger partial charge < -0.3 is 5.32 Å². The van der Waals surface area contributed by atoms with Gasteiger partial charge in [0.2, 0.25) is 0 Å². The smallest absolute Gasteiger partial charge is 0.0946 e. The summed E-state index contributed by atoms with van der Waals surface area (Å²) in [5.74, 6) is 0.870. The molecule has 4 heteroatoms. The van der Waals surface area contributed by atoms with E-state index in [-0.39, 0.29) is 0 Å². The lowest BCUT2D eigenvalue weighted by Gasteiger charge is -2.36. The third kappa shape index (κ3) is 1.95. The molecule has 0 spiro atoms. The van der Waals surface area contributed by atoms with Crippen molar-refractivity contribution in [2.24, 2.45) is 0 Å². The molecule has 3 nitrogen and oxygen atoms in total. The minimum atomic E-state index is -0.701. The summed E-state index contributed by atoms with van der Waals surface area (Å²) in [5, 5.41) is 3.54. The molecule has 3 unspecified atom stereocenters. The fourth-order valence-corrected chi connectivity index (χ4v) is 3.75. The average Bonchev–Trinajstić information content (AvgIpc) is 2.29. The van der Waals surface area contributed by atoms with E-state index in [1.54, 1.807) is 0 Å². The van der Waals surface area contributed by atoms with Gasteiger partial charge in [-0.1, -0.05) is 6.92 Å². The van der Waals surface area contributed by atoms with E-state index in [0.29, 0.717) is 12.1 Å². The van der Waals surface area contributed by atoms with Crippen LogP contribution in [-0.4, -0.2) is 39.4 Å². The molecule has 2 rings (SSSR count). The van der Waals surface area contributed by atoms with Gasteiger partial charge in [-0.05, 0) is 19.3 Å². The van der Waals surface area contributed by atoms with Gasteiger partial charge in [0.25, 0.3) is 0 Å². The lowest BCUT2D eigenvalue weighted by Crippen LogP contribution is -2.55. The van der Waals surface area contributed by atoms with Gasteiger partial charge in [0.1, 0.15) is 0 Å². The van der Waals surface area contributed by atoms with Crippen molar-refractivity contribution in [2.75, 3.05) is 18.8 Å². The monoisotopic (exact) mass is 202 g/mol. The first-order valence-corrected chi connectivity index (χ1v) is 6.47. The van der Waals surface area contributed by atoms with Crippen molar-refractivity contribution < 1.29 is 4.21 Å². The molecule has 2 aliphatic rings. The minimum Gasteiger partial charge on any atom is -0.311 e. The van der Waals surface area contributed by atoms with Crippen molar-refractivity contribution in [1.82, 2.24) is 9.62 Å². The highest BCUT2D eigenvalue weighted by Gasteiger charge is 2.32. The molecule has 0 amide bonds. The van der Waals surface area contributed by atoms with Crippen LogP contribution in [0.15, 0.2) is 0 Å². The Hall–Kier alpha value is 0.0700. The molecule has 2 aliphatic heterocycles. The van der Waals surface area contributed by atoms with E-state index in [1.165, 1.54) is 6.42 Å². The highest BCUT2D eigenvalue weighted by Crippen LogP contribution is 2.19. The maximum atomic E-state index is 11.8. The van der Waals surface area contributed by atoms with Crippen molar-refractivity contribution in [3.8, 4) is 0 Å². The second kappa shape index (κ2) is 4.07. The minimum absolute atomic E-state index is 0.496. The SMILES string of the molecule is CCC1CN[C@@H]2CCCS(=O)N1C2. The van der Waals surface area contributed by atoms with E-state index in [9.17, 15) is 4.21 Å². The van der Waals surface area contributed by atoms with E-state index in [4.69, 9.17) is 0 Å².